The zero-order valence-electron chi connectivity index (χ0n) is 18.8. The molecule has 15 heteroatoms. The average molecular weight is 510 g/mol. The Morgan fingerprint density at radius 3 is 2.69 bits per heavy atom. The number of fused-ring (bicyclic) bond motifs is 1. The fourth-order valence-electron chi connectivity index (χ4n) is 3.32. The lowest BCUT2D eigenvalue weighted by atomic mass is 10.0. The van der Waals surface area contributed by atoms with Crippen LogP contribution in [0.1, 0.15) is 19.6 Å². The van der Waals surface area contributed by atoms with Crippen molar-refractivity contribution in [3.63, 3.8) is 0 Å². The Morgan fingerprint density at radius 2 is 2.09 bits per heavy atom. The van der Waals surface area contributed by atoms with Gasteiger partial charge in [-0.2, -0.15) is 0 Å². The molecule has 3 N–H and O–H groups in total. The number of ether oxygens (including phenoxy) is 3. The second-order valence-corrected chi connectivity index (χ2v) is 8.21. The Bertz CT molecular complexity index is 1080. The normalized spacial score (nSPS) is 20.3. The van der Waals surface area contributed by atoms with E-state index < -0.39 is 47.6 Å². The highest BCUT2D eigenvalue weighted by Gasteiger charge is 2.55. The number of nitrogens with zero attached hydrogens (tertiary/aromatic N) is 2. The van der Waals surface area contributed by atoms with Gasteiger partial charge in [-0.15, -0.1) is 11.8 Å². The molecule has 1 aromatic rings. The van der Waals surface area contributed by atoms with Gasteiger partial charge in [-0.1, -0.05) is 5.16 Å². The maximum atomic E-state index is 13.0. The first-order valence-electron chi connectivity index (χ1n) is 10.1. The van der Waals surface area contributed by atoms with Crippen LogP contribution in [0.4, 0.5) is 4.79 Å². The minimum absolute atomic E-state index is 0.124. The molecule has 2 aliphatic heterocycles. The molecule has 1 saturated heterocycles. The maximum Gasteiger partial charge on any atom is 0.404 e. The van der Waals surface area contributed by atoms with Crippen molar-refractivity contribution >= 4 is 47.3 Å². The lowest BCUT2D eigenvalue weighted by Gasteiger charge is -2.49. The van der Waals surface area contributed by atoms with Crippen molar-refractivity contribution < 1.29 is 47.4 Å². The van der Waals surface area contributed by atoms with Gasteiger partial charge in [-0.25, -0.2) is 9.59 Å². The predicted octanol–water partition coefficient (Wildman–Crippen LogP) is -0.168. The number of esters is 2. The second-order valence-electron chi connectivity index (χ2n) is 7.10. The highest BCUT2D eigenvalue weighted by Crippen LogP contribution is 2.41. The Labute approximate surface area is 202 Å². The molecule has 3 rings (SSSR count). The number of rotatable bonds is 9. The van der Waals surface area contributed by atoms with E-state index in [1.807, 2.05) is 0 Å². The molecule has 3 heterocycles. The van der Waals surface area contributed by atoms with Crippen LogP contribution >= 0.6 is 11.8 Å². The predicted molar refractivity (Wildman–Crippen MR) is 117 cm³/mol. The first-order chi connectivity index (χ1) is 16.6. The minimum Gasteiger partial charge on any atom is -0.462 e. The lowest BCUT2D eigenvalue weighted by Crippen LogP contribution is -2.71. The van der Waals surface area contributed by atoms with Gasteiger partial charge >= 0.3 is 18.0 Å². The van der Waals surface area contributed by atoms with Crippen LogP contribution < -0.4 is 11.1 Å². The molecule has 1 fully saturated rings. The molecule has 0 radical (unpaired) electrons. The van der Waals surface area contributed by atoms with E-state index in [-0.39, 0.29) is 35.1 Å². The highest BCUT2D eigenvalue weighted by molar-refractivity contribution is 8.00. The lowest BCUT2D eigenvalue weighted by molar-refractivity contribution is -0.182. The fraction of sp³-hybridized carbons (Fsp3) is 0.400. The maximum absolute atomic E-state index is 13.0. The van der Waals surface area contributed by atoms with Crippen molar-refractivity contribution in [3.8, 4) is 0 Å². The van der Waals surface area contributed by atoms with Gasteiger partial charge in [-0.05, 0) is 12.1 Å². The van der Waals surface area contributed by atoms with Crippen LogP contribution in [0.2, 0.25) is 0 Å². The molecule has 0 saturated carbocycles. The van der Waals surface area contributed by atoms with Gasteiger partial charge in [0.15, 0.2) is 5.76 Å². The Hall–Kier alpha value is -4.01. The molecule has 0 unspecified atom stereocenters. The van der Waals surface area contributed by atoms with Gasteiger partial charge in [-0.3, -0.25) is 19.3 Å². The number of nitrogens with two attached hydrogens (primary N) is 1. The molecule has 0 bridgehead atoms. The molecular formula is C20H22N4O10S. The van der Waals surface area contributed by atoms with Gasteiger partial charge in [0.25, 0.3) is 11.8 Å². The summed E-state index contributed by atoms with van der Waals surface area (Å²) >= 11 is 1.21. The van der Waals surface area contributed by atoms with E-state index in [1.54, 1.807) is 6.07 Å². The first kappa shape index (κ1) is 25.6. The third kappa shape index (κ3) is 5.74. The van der Waals surface area contributed by atoms with Crippen molar-refractivity contribution in [2.45, 2.75) is 31.6 Å². The number of oxime groups is 1. The minimum atomic E-state index is -1.24. The van der Waals surface area contributed by atoms with Crippen LogP contribution in [0.5, 0.6) is 0 Å². The second kappa shape index (κ2) is 10.9. The number of nitrogens with one attached hydrogen (secondary N) is 1. The van der Waals surface area contributed by atoms with Crippen molar-refractivity contribution in [1.82, 2.24) is 10.2 Å². The summed E-state index contributed by atoms with van der Waals surface area (Å²) in [5.41, 5.74) is 4.89. The number of carbonyl (C=O) groups is 5. The fourth-order valence-corrected chi connectivity index (χ4v) is 4.65. The summed E-state index contributed by atoms with van der Waals surface area (Å²) in [5, 5.41) is 5.53. The van der Waals surface area contributed by atoms with Crippen molar-refractivity contribution in [3.05, 3.63) is 35.4 Å². The Balaban J connectivity index is 1.80. The third-order valence-corrected chi connectivity index (χ3v) is 6.01. The van der Waals surface area contributed by atoms with E-state index >= 15 is 0 Å². The number of hydrogen-bond donors (Lipinski definition) is 2. The standard InChI is InChI=1S/C20H22N4O10S/c1-9(25)33-10(2)34-19(28)15-11(7-32-20(21)29)8-35-18-14(17(27)24(15)18)22-16(26)13(23-30-3)12-5-4-6-31-12/h4-6,10,14,18H,7-8H2,1-3H3,(H2,21,29)(H,22,26)/b23-13+/t10-,14-,18-/m1/s1. The molecular weight excluding hydrogens is 488 g/mol. The summed E-state index contributed by atoms with van der Waals surface area (Å²) < 4.78 is 19.9. The Kier molecular flexibility index (Phi) is 8.01. The summed E-state index contributed by atoms with van der Waals surface area (Å²) in [6.07, 6.45) is -0.976. The van der Waals surface area contributed by atoms with Gasteiger partial charge in [0.1, 0.15) is 30.8 Å². The van der Waals surface area contributed by atoms with E-state index in [9.17, 15) is 24.0 Å². The molecule has 35 heavy (non-hydrogen) atoms. The van der Waals surface area contributed by atoms with Crippen molar-refractivity contribution in [2.24, 2.45) is 10.9 Å². The molecule has 1 aromatic heterocycles. The summed E-state index contributed by atoms with van der Waals surface area (Å²) in [4.78, 5) is 66.7. The van der Waals surface area contributed by atoms with Crippen molar-refractivity contribution in [1.29, 1.82) is 0 Å². The summed E-state index contributed by atoms with van der Waals surface area (Å²) in [6.45, 7) is 2.09. The van der Waals surface area contributed by atoms with E-state index in [2.05, 4.69) is 10.5 Å². The van der Waals surface area contributed by atoms with E-state index in [0.717, 1.165) is 11.8 Å². The van der Waals surface area contributed by atoms with Gasteiger partial charge in [0.2, 0.25) is 12.0 Å². The van der Waals surface area contributed by atoms with Crippen LogP contribution in [0.25, 0.3) is 0 Å². The third-order valence-electron chi connectivity index (χ3n) is 4.67. The average Bonchev–Trinajstić information content (AvgIpc) is 3.32. The van der Waals surface area contributed by atoms with Gasteiger partial charge in [0.05, 0.1) is 6.26 Å². The summed E-state index contributed by atoms with van der Waals surface area (Å²) in [7, 11) is 1.25. The van der Waals surface area contributed by atoms with E-state index in [4.69, 9.17) is 29.2 Å². The van der Waals surface area contributed by atoms with Crippen molar-refractivity contribution in [2.75, 3.05) is 19.5 Å². The molecule has 0 aromatic carbocycles. The molecule has 14 nitrogen and oxygen atoms in total. The topological polar surface area (TPSA) is 189 Å². The number of furan rings is 1. The number of thioether (sulfide) groups is 1. The van der Waals surface area contributed by atoms with Crippen LogP contribution in [0.3, 0.4) is 0 Å². The van der Waals surface area contributed by atoms with Crippen LogP contribution in [-0.2, 0) is 38.2 Å². The summed E-state index contributed by atoms with van der Waals surface area (Å²) in [6, 6.07) is 2.03. The van der Waals surface area contributed by atoms with Gasteiger partial charge in [0, 0.05) is 25.2 Å². The van der Waals surface area contributed by atoms with E-state index in [1.165, 1.54) is 38.1 Å². The quantitative estimate of drug-likeness (QED) is 0.147. The number of amides is 3. The molecule has 3 atom stereocenters. The largest absolute Gasteiger partial charge is 0.462 e. The molecule has 0 aliphatic carbocycles. The molecule has 188 valence electrons. The highest BCUT2D eigenvalue weighted by atomic mass is 32.2. The SMILES string of the molecule is CO/N=C(/C(=O)N[C@@H]1C(=O)N2C(C(=O)O[C@H](C)OC(C)=O)=C(COC(N)=O)CS[C@H]12)c1ccco1. The van der Waals surface area contributed by atoms with E-state index in [0.29, 0.717) is 0 Å². The molecule has 3 amide bonds. The smallest absolute Gasteiger partial charge is 0.404 e. The first-order valence-corrected chi connectivity index (χ1v) is 11.1. The van der Waals surface area contributed by atoms with Crippen LogP contribution in [0, 0.1) is 0 Å². The molecule has 0 spiro atoms. The zero-order chi connectivity index (χ0) is 25.7. The van der Waals surface area contributed by atoms with Gasteiger partial charge < -0.3 is 34.5 Å². The summed E-state index contributed by atoms with van der Waals surface area (Å²) in [5.74, 6) is -2.75. The zero-order valence-corrected chi connectivity index (χ0v) is 19.7. The van der Waals surface area contributed by atoms with Crippen LogP contribution in [-0.4, -0.2) is 77.6 Å². The van der Waals surface area contributed by atoms with Crippen LogP contribution in [0.15, 0.2) is 39.2 Å². The molecule has 2 aliphatic rings. The Morgan fingerprint density at radius 1 is 1.34 bits per heavy atom. The number of β-lactam (4-membered cyclic amide) rings is 1. The number of primary amides is 1. The monoisotopic (exact) mass is 510 g/mol. The number of hydrogen-bond acceptors (Lipinski definition) is 12. The number of carbonyl (C=O) groups excluding carboxylic acids is 5.